The van der Waals surface area contributed by atoms with E-state index in [1.807, 2.05) is 0 Å². The molecule has 0 amide bonds. The van der Waals surface area contributed by atoms with Gasteiger partial charge in [-0.05, 0) is 45.1 Å². The van der Waals surface area contributed by atoms with Crippen molar-refractivity contribution in [3.05, 3.63) is 0 Å². The van der Waals surface area contributed by atoms with Crippen LogP contribution in [0, 0.1) is 0 Å². The number of hydrogen-bond donors (Lipinski definition) is 1. The van der Waals surface area contributed by atoms with Crippen molar-refractivity contribution in [3.8, 4) is 0 Å². The maximum atomic E-state index is 11.4. The van der Waals surface area contributed by atoms with Crippen LogP contribution in [0.15, 0.2) is 0 Å². The Morgan fingerprint density at radius 1 is 1.26 bits per heavy atom. The molecule has 6 heteroatoms. The van der Waals surface area contributed by atoms with Crippen LogP contribution in [0.2, 0.25) is 0 Å². The van der Waals surface area contributed by atoms with E-state index in [-0.39, 0.29) is 0 Å². The van der Waals surface area contributed by atoms with Crippen molar-refractivity contribution < 1.29 is 13.2 Å². The minimum Gasteiger partial charge on any atom is -0.378 e. The molecule has 5 nitrogen and oxygen atoms in total. The first-order valence-corrected chi connectivity index (χ1v) is 9.20. The van der Waals surface area contributed by atoms with Gasteiger partial charge in [-0.2, -0.15) is 0 Å². The SMILES string of the molecule is CS(=O)(=O)N1CCC(NCCCC2CCCO2)CC1. The third-order valence-electron chi connectivity index (χ3n) is 4.08. The second kappa shape index (κ2) is 7.02. The van der Waals surface area contributed by atoms with E-state index in [0.29, 0.717) is 25.2 Å². The lowest BCUT2D eigenvalue weighted by molar-refractivity contribution is 0.102. The molecule has 0 bridgehead atoms. The predicted octanol–water partition coefficient (Wildman–Crippen LogP) is 0.959. The molecular formula is C13H26N2O3S. The summed E-state index contributed by atoms with van der Waals surface area (Å²) in [5, 5.41) is 3.54. The van der Waals surface area contributed by atoms with Crippen LogP contribution in [0.3, 0.4) is 0 Å². The highest BCUT2D eigenvalue weighted by atomic mass is 32.2. The van der Waals surface area contributed by atoms with Gasteiger partial charge in [-0.25, -0.2) is 12.7 Å². The lowest BCUT2D eigenvalue weighted by Gasteiger charge is -2.30. The van der Waals surface area contributed by atoms with Gasteiger partial charge in [-0.1, -0.05) is 0 Å². The van der Waals surface area contributed by atoms with E-state index in [4.69, 9.17) is 4.74 Å². The van der Waals surface area contributed by atoms with Crippen LogP contribution in [0.25, 0.3) is 0 Å². The number of hydrogen-bond acceptors (Lipinski definition) is 4. The molecule has 2 rings (SSSR count). The lowest BCUT2D eigenvalue weighted by Crippen LogP contribution is -2.44. The van der Waals surface area contributed by atoms with Crippen molar-refractivity contribution in [1.29, 1.82) is 0 Å². The molecule has 2 aliphatic heterocycles. The molecule has 1 N–H and O–H groups in total. The lowest BCUT2D eigenvalue weighted by atomic mass is 10.1. The Morgan fingerprint density at radius 3 is 2.58 bits per heavy atom. The number of nitrogens with zero attached hydrogens (tertiary/aromatic N) is 1. The Morgan fingerprint density at radius 2 is 2.00 bits per heavy atom. The van der Waals surface area contributed by atoms with Crippen molar-refractivity contribution in [2.24, 2.45) is 0 Å². The number of nitrogens with one attached hydrogen (secondary N) is 1. The van der Waals surface area contributed by atoms with Crippen molar-refractivity contribution >= 4 is 10.0 Å². The van der Waals surface area contributed by atoms with E-state index in [2.05, 4.69) is 5.32 Å². The van der Waals surface area contributed by atoms with E-state index in [1.54, 1.807) is 4.31 Å². The summed E-state index contributed by atoms with van der Waals surface area (Å²) in [7, 11) is -3.00. The topological polar surface area (TPSA) is 58.6 Å². The molecule has 1 unspecified atom stereocenters. The predicted molar refractivity (Wildman–Crippen MR) is 75.6 cm³/mol. The van der Waals surface area contributed by atoms with Crippen LogP contribution in [0.5, 0.6) is 0 Å². The van der Waals surface area contributed by atoms with Gasteiger partial charge in [0.2, 0.25) is 10.0 Å². The molecule has 2 fully saturated rings. The molecule has 112 valence electrons. The van der Waals surface area contributed by atoms with Gasteiger partial charge in [0.25, 0.3) is 0 Å². The number of ether oxygens (including phenoxy) is 1. The zero-order valence-electron chi connectivity index (χ0n) is 11.8. The smallest absolute Gasteiger partial charge is 0.211 e. The van der Waals surface area contributed by atoms with E-state index in [9.17, 15) is 8.42 Å². The maximum absolute atomic E-state index is 11.4. The van der Waals surface area contributed by atoms with E-state index < -0.39 is 10.0 Å². The first-order chi connectivity index (χ1) is 9.05. The highest BCUT2D eigenvalue weighted by Gasteiger charge is 2.24. The van der Waals surface area contributed by atoms with Gasteiger partial charge >= 0.3 is 0 Å². The summed E-state index contributed by atoms with van der Waals surface area (Å²) in [4.78, 5) is 0. The van der Waals surface area contributed by atoms with Gasteiger partial charge in [0.05, 0.1) is 12.4 Å². The summed E-state index contributed by atoms with van der Waals surface area (Å²) in [6, 6.07) is 0.475. The monoisotopic (exact) mass is 290 g/mol. The fourth-order valence-corrected chi connectivity index (χ4v) is 3.77. The Balaban J connectivity index is 1.55. The van der Waals surface area contributed by atoms with Gasteiger partial charge in [0.1, 0.15) is 0 Å². The van der Waals surface area contributed by atoms with Crippen molar-refractivity contribution in [1.82, 2.24) is 9.62 Å². The fraction of sp³-hybridized carbons (Fsp3) is 1.00. The summed E-state index contributed by atoms with van der Waals surface area (Å²) in [6.07, 6.45) is 8.34. The average Bonchev–Trinajstić information content (AvgIpc) is 2.87. The van der Waals surface area contributed by atoms with Crippen LogP contribution in [0.4, 0.5) is 0 Å². The van der Waals surface area contributed by atoms with Crippen molar-refractivity contribution in [2.75, 3.05) is 32.5 Å². The summed E-state index contributed by atoms with van der Waals surface area (Å²) in [5.41, 5.74) is 0. The zero-order chi connectivity index (χ0) is 13.7. The number of piperidine rings is 1. The molecule has 2 heterocycles. The molecule has 0 radical (unpaired) electrons. The molecule has 0 saturated carbocycles. The Hall–Kier alpha value is -0.170. The van der Waals surface area contributed by atoms with Crippen LogP contribution in [-0.2, 0) is 14.8 Å². The molecule has 0 spiro atoms. The minimum atomic E-state index is -3.00. The van der Waals surface area contributed by atoms with Gasteiger partial charge in [-0.15, -0.1) is 0 Å². The third kappa shape index (κ3) is 5.02. The Kier molecular flexibility index (Phi) is 5.62. The molecule has 1 atom stereocenters. The van der Waals surface area contributed by atoms with Gasteiger partial charge in [0, 0.05) is 25.7 Å². The normalized spacial score (nSPS) is 26.9. The number of sulfonamides is 1. The van der Waals surface area contributed by atoms with E-state index in [0.717, 1.165) is 38.8 Å². The summed E-state index contributed by atoms with van der Waals surface area (Å²) < 4.78 is 30.0. The van der Waals surface area contributed by atoms with Crippen LogP contribution < -0.4 is 5.32 Å². The first kappa shape index (κ1) is 15.2. The summed E-state index contributed by atoms with van der Waals surface area (Å²) in [6.45, 7) is 3.26. The zero-order valence-corrected chi connectivity index (χ0v) is 12.6. The molecule has 0 aliphatic carbocycles. The van der Waals surface area contributed by atoms with Crippen LogP contribution in [0.1, 0.15) is 38.5 Å². The fourth-order valence-electron chi connectivity index (χ4n) is 2.90. The number of rotatable bonds is 6. The second-order valence-electron chi connectivity index (χ2n) is 5.67. The largest absolute Gasteiger partial charge is 0.378 e. The van der Waals surface area contributed by atoms with Crippen molar-refractivity contribution in [2.45, 2.75) is 50.7 Å². The molecule has 19 heavy (non-hydrogen) atoms. The van der Waals surface area contributed by atoms with Crippen LogP contribution in [-0.4, -0.2) is 57.4 Å². The third-order valence-corrected chi connectivity index (χ3v) is 5.39. The molecule has 2 saturated heterocycles. The molecule has 0 aromatic rings. The maximum Gasteiger partial charge on any atom is 0.211 e. The van der Waals surface area contributed by atoms with Gasteiger partial charge in [0.15, 0.2) is 0 Å². The summed E-state index contributed by atoms with van der Waals surface area (Å²) in [5.74, 6) is 0. The average molecular weight is 290 g/mol. The van der Waals surface area contributed by atoms with E-state index in [1.165, 1.54) is 19.1 Å². The molecule has 2 aliphatic rings. The minimum absolute atomic E-state index is 0.475. The highest BCUT2D eigenvalue weighted by molar-refractivity contribution is 7.88. The van der Waals surface area contributed by atoms with Crippen LogP contribution >= 0.6 is 0 Å². The quantitative estimate of drug-likeness (QED) is 0.740. The highest BCUT2D eigenvalue weighted by Crippen LogP contribution is 2.17. The Bertz CT molecular complexity index is 358. The molecule has 0 aromatic carbocycles. The standard InChI is InChI=1S/C13H26N2O3S/c1-19(16,17)15-9-6-12(7-10-15)14-8-2-4-13-5-3-11-18-13/h12-14H,2-11H2,1H3. The van der Waals surface area contributed by atoms with Gasteiger partial charge in [-0.3, -0.25) is 0 Å². The summed E-state index contributed by atoms with van der Waals surface area (Å²) >= 11 is 0. The molecule has 0 aromatic heterocycles. The Labute approximate surface area is 116 Å². The second-order valence-corrected chi connectivity index (χ2v) is 7.65. The molecular weight excluding hydrogens is 264 g/mol. The van der Waals surface area contributed by atoms with Crippen molar-refractivity contribution in [3.63, 3.8) is 0 Å². The van der Waals surface area contributed by atoms with E-state index >= 15 is 0 Å². The first-order valence-electron chi connectivity index (χ1n) is 7.36. The van der Waals surface area contributed by atoms with Gasteiger partial charge < -0.3 is 10.1 Å².